The molecule has 2 N–H and O–H groups in total. The van der Waals surface area contributed by atoms with Crippen LogP contribution in [-0.4, -0.2) is 57.0 Å². The fourth-order valence-electron chi connectivity index (χ4n) is 4.86. The highest BCUT2D eigenvalue weighted by atomic mass is 35.5. The maximum Gasteiger partial charge on any atom is 0.309 e. The highest BCUT2D eigenvalue weighted by molar-refractivity contribution is 6.32. The third-order valence-electron chi connectivity index (χ3n) is 7.64. The van der Waals surface area contributed by atoms with Gasteiger partial charge in [-0.25, -0.2) is 4.98 Å². The fourth-order valence-corrected chi connectivity index (χ4v) is 5.11. The van der Waals surface area contributed by atoms with Crippen LogP contribution < -0.4 is 0 Å². The topological polar surface area (TPSA) is 122 Å². The number of aryl methyl sites for hydroxylation is 1. The number of aliphatic hydroxyl groups excluding tert-OH is 2. The summed E-state index contributed by atoms with van der Waals surface area (Å²) in [6, 6.07) is 0. The van der Waals surface area contributed by atoms with E-state index in [-0.39, 0.29) is 34.9 Å². The van der Waals surface area contributed by atoms with Crippen molar-refractivity contribution in [1.82, 2.24) is 4.98 Å². The van der Waals surface area contributed by atoms with E-state index in [0.29, 0.717) is 18.0 Å². The van der Waals surface area contributed by atoms with Crippen molar-refractivity contribution < 1.29 is 33.7 Å². The first-order valence-corrected chi connectivity index (χ1v) is 12.7. The number of halogens is 1. The van der Waals surface area contributed by atoms with Gasteiger partial charge in [0.15, 0.2) is 5.89 Å². The van der Waals surface area contributed by atoms with Crippen molar-refractivity contribution in [3.63, 3.8) is 0 Å². The van der Waals surface area contributed by atoms with Gasteiger partial charge in [0.1, 0.15) is 23.8 Å². The van der Waals surface area contributed by atoms with Gasteiger partial charge in [-0.3, -0.25) is 9.59 Å². The van der Waals surface area contributed by atoms with E-state index < -0.39 is 35.6 Å². The second kappa shape index (κ2) is 10.7. The monoisotopic (exact) mass is 511 g/mol. The van der Waals surface area contributed by atoms with Gasteiger partial charge in [-0.05, 0) is 31.8 Å². The molecule has 0 radical (unpaired) electrons. The number of cyclic esters (lactones) is 1. The third-order valence-corrected chi connectivity index (χ3v) is 7.99. The molecule has 7 atom stereocenters. The number of nitrogens with zero attached hydrogens (tertiary/aromatic N) is 1. The second-order valence-electron chi connectivity index (χ2n) is 10.9. The summed E-state index contributed by atoms with van der Waals surface area (Å²) in [5, 5.41) is 21.9. The molecule has 35 heavy (non-hydrogen) atoms. The molecule has 2 aliphatic rings. The number of fused-ring (bicyclic) bond motifs is 1. The molecular weight excluding hydrogens is 474 g/mol. The maximum atomic E-state index is 13.2. The number of Topliss-reactive ketones (excluding diaryl/α,β-unsaturated/α-hetero) is 1. The average molecular weight is 512 g/mol. The van der Waals surface area contributed by atoms with Crippen LogP contribution in [0.25, 0.3) is 6.08 Å². The fraction of sp³-hybridized carbons (Fsp3) is 0.731. The molecule has 0 spiro atoms. The molecule has 0 bridgehead atoms. The molecule has 0 saturated carbocycles. The minimum absolute atomic E-state index is 0.100. The van der Waals surface area contributed by atoms with Crippen LogP contribution in [0.15, 0.2) is 15.7 Å². The average Bonchev–Trinajstić information content (AvgIpc) is 3.22. The molecule has 1 aromatic heterocycles. The summed E-state index contributed by atoms with van der Waals surface area (Å²) in [5.74, 6) is -1.27. The lowest BCUT2D eigenvalue weighted by Gasteiger charge is -2.34. The first kappa shape index (κ1) is 27.8. The number of rotatable bonds is 2. The van der Waals surface area contributed by atoms with Crippen LogP contribution in [0.1, 0.15) is 78.3 Å². The Balaban J connectivity index is 1.85. The zero-order valence-electron chi connectivity index (χ0n) is 21.4. The number of oxazole rings is 1. The molecule has 3 rings (SSSR count). The van der Waals surface area contributed by atoms with Gasteiger partial charge < -0.3 is 24.1 Å². The predicted molar refractivity (Wildman–Crippen MR) is 130 cm³/mol. The minimum atomic E-state index is -1.29. The quantitative estimate of drug-likeness (QED) is 0.447. The predicted octanol–water partition coefficient (Wildman–Crippen LogP) is 4.19. The van der Waals surface area contributed by atoms with Crippen molar-refractivity contribution in [1.29, 1.82) is 0 Å². The lowest BCUT2D eigenvalue weighted by molar-refractivity contribution is -0.154. The number of ketones is 1. The van der Waals surface area contributed by atoms with Crippen LogP contribution in [0.3, 0.4) is 0 Å². The van der Waals surface area contributed by atoms with Gasteiger partial charge in [-0.1, -0.05) is 45.7 Å². The van der Waals surface area contributed by atoms with Crippen LogP contribution in [0.2, 0.25) is 0 Å². The number of carbonyl (C=O) groups excluding carboxylic acids is 2. The van der Waals surface area contributed by atoms with E-state index in [1.165, 1.54) is 6.26 Å². The van der Waals surface area contributed by atoms with Gasteiger partial charge in [-0.2, -0.15) is 0 Å². The van der Waals surface area contributed by atoms with Crippen molar-refractivity contribution in [2.24, 2.45) is 17.3 Å². The van der Waals surface area contributed by atoms with Crippen molar-refractivity contribution in [2.75, 3.05) is 0 Å². The first-order chi connectivity index (χ1) is 16.2. The van der Waals surface area contributed by atoms with Crippen LogP contribution >= 0.6 is 11.6 Å². The second-order valence-corrected chi connectivity index (χ2v) is 11.3. The molecular formula is C26H38ClNO7. The van der Waals surface area contributed by atoms with Crippen LogP contribution in [-0.2, 0) is 19.1 Å². The Bertz CT molecular complexity index is 957. The van der Waals surface area contributed by atoms with E-state index in [2.05, 4.69) is 4.98 Å². The number of carbonyl (C=O) groups is 2. The third kappa shape index (κ3) is 6.53. The maximum absolute atomic E-state index is 13.2. The van der Waals surface area contributed by atoms with Crippen molar-refractivity contribution in [3.05, 3.63) is 22.9 Å². The van der Waals surface area contributed by atoms with E-state index in [4.69, 9.17) is 25.5 Å². The Kier molecular flexibility index (Phi) is 8.52. The molecule has 196 valence electrons. The molecule has 9 heteroatoms. The molecule has 2 saturated heterocycles. The molecule has 0 aliphatic carbocycles. The smallest absolute Gasteiger partial charge is 0.309 e. The Morgan fingerprint density at radius 1 is 1.23 bits per heavy atom. The van der Waals surface area contributed by atoms with Gasteiger partial charge in [0.2, 0.25) is 0 Å². The number of hydrogen-bond donors (Lipinski definition) is 2. The Hall–Kier alpha value is -1.74. The zero-order valence-corrected chi connectivity index (χ0v) is 22.2. The van der Waals surface area contributed by atoms with Gasteiger partial charge in [0.25, 0.3) is 0 Å². The number of esters is 1. The zero-order chi connectivity index (χ0) is 26.1. The molecule has 0 aromatic carbocycles. The standard InChI is InChI=1S/C26H38ClNO7/c1-14-8-7-9-26(6)21(35-26)11-19(18(27)10-17-13-33-16(3)28-17)34-22(30)12-20(29)25(4,5)24(32)15(2)23(14)31/h10,13-15,19-21,23,29,31H,7-9,11-12H2,1-6H3/b18-10-/t14-,15+,19-,20-,21-,23-,26+/m0/s1. The van der Waals surface area contributed by atoms with E-state index in [1.807, 2.05) is 13.8 Å². The minimum Gasteiger partial charge on any atom is -0.456 e. The van der Waals surface area contributed by atoms with E-state index in [1.54, 1.807) is 33.8 Å². The summed E-state index contributed by atoms with van der Waals surface area (Å²) in [6.45, 7) is 10.5. The van der Waals surface area contributed by atoms with Gasteiger partial charge >= 0.3 is 5.97 Å². The molecule has 3 heterocycles. The SMILES string of the molecule is Cc1nc(/C=C(\Cl)[C@@H]2C[C@@H]3O[C@]3(C)CCC[C@H](C)[C@H](O)[C@@H](C)C(=O)C(C)(C)[C@@H](O)CC(=O)O2)co1. The number of aromatic nitrogens is 1. The lowest BCUT2D eigenvalue weighted by atomic mass is 9.73. The molecule has 0 unspecified atom stereocenters. The summed E-state index contributed by atoms with van der Waals surface area (Å²) in [6.07, 6.45) is 2.24. The molecule has 0 amide bonds. The van der Waals surface area contributed by atoms with E-state index in [0.717, 1.165) is 19.3 Å². The molecule has 8 nitrogen and oxygen atoms in total. The van der Waals surface area contributed by atoms with Crippen molar-refractivity contribution in [3.8, 4) is 0 Å². The Labute approximate surface area is 212 Å². The van der Waals surface area contributed by atoms with Crippen LogP contribution in [0, 0.1) is 24.2 Å². The Morgan fingerprint density at radius 2 is 1.91 bits per heavy atom. The number of aliphatic hydroxyl groups is 2. The molecule has 2 fully saturated rings. The van der Waals surface area contributed by atoms with Gasteiger partial charge in [-0.15, -0.1) is 0 Å². The number of hydrogen-bond acceptors (Lipinski definition) is 8. The van der Waals surface area contributed by atoms with Gasteiger partial charge in [0.05, 0.1) is 40.8 Å². The summed E-state index contributed by atoms with van der Waals surface area (Å²) < 4.78 is 16.9. The van der Waals surface area contributed by atoms with Crippen molar-refractivity contribution in [2.45, 2.75) is 104 Å². The number of epoxide rings is 1. The van der Waals surface area contributed by atoms with Gasteiger partial charge in [0, 0.05) is 19.3 Å². The normalized spacial score (nSPS) is 37.5. The lowest BCUT2D eigenvalue weighted by Crippen LogP contribution is -2.45. The van der Waals surface area contributed by atoms with E-state index >= 15 is 0 Å². The summed E-state index contributed by atoms with van der Waals surface area (Å²) >= 11 is 6.57. The molecule has 1 aromatic rings. The highest BCUT2D eigenvalue weighted by Gasteiger charge is 2.53. The number of ether oxygens (including phenoxy) is 2. The summed E-state index contributed by atoms with van der Waals surface area (Å²) in [7, 11) is 0. The Morgan fingerprint density at radius 3 is 2.54 bits per heavy atom. The largest absolute Gasteiger partial charge is 0.456 e. The van der Waals surface area contributed by atoms with Crippen molar-refractivity contribution >= 4 is 29.4 Å². The van der Waals surface area contributed by atoms with Crippen LogP contribution in [0.5, 0.6) is 0 Å². The first-order valence-electron chi connectivity index (χ1n) is 12.3. The summed E-state index contributed by atoms with van der Waals surface area (Å²) in [5.41, 5.74) is -1.12. The van der Waals surface area contributed by atoms with Crippen LogP contribution in [0.4, 0.5) is 0 Å². The van der Waals surface area contributed by atoms with E-state index in [9.17, 15) is 19.8 Å². The summed E-state index contributed by atoms with van der Waals surface area (Å²) in [4.78, 5) is 30.2. The molecule has 2 aliphatic heterocycles. The highest BCUT2D eigenvalue weighted by Crippen LogP contribution is 2.45.